The Labute approximate surface area is 106 Å². The Hall–Kier alpha value is -1.26. The summed E-state index contributed by atoms with van der Waals surface area (Å²) in [7, 11) is 0. The van der Waals surface area contributed by atoms with E-state index in [1.165, 1.54) is 0 Å². The van der Waals surface area contributed by atoms with Crippen LogP contribution in [0.3, 0.4) is 0 Å². The van der Waals surface area contributed by atoms with Gasteiger partial charge in [-0.2, -0.15) is 5.10 Å². The number of nitrogens with zero attached hydrogens (tertiary/aromatic N) is 2. The number of hydrogen-bond donors (Lipinski definition) is 1. The second kappa shape index (κ2) is 5.38. The van der Waals surface area contributed by atoms with Crippen LogP contribution in [0.25, 0.3) is 0 Å². The van der Waals surface area contributed by atoms with E-state index < -0.39 is 0 Å². The maximum absolute atomic E-state index is 5.97. The zero-order valence-corrected chi connectivity index (χ0v) is 10.8. The maximum Gasteiger partial charge on any atom is 0.129 e. The third-order valence-corrected chi connectivity index (χ3v) is 3.11. The van der Waals surface area contributed by atoms with Crippen molar-refractivity contribution in [1.82, 2.24) is 15.1 Å². The van der Waals surface area contributed by atoms with E-state index in [0.717, 1.165) is 30.1 Å². The van der Waals surface area contributed by atoms with Gasteiger partial charge in [0.2, 0.25) is 0 Å². The second-order valence-electron chi connectivity index (χ2n) is 3.88. The van der Waals surface area contributed by atoms with Crippen molar-refractivity contribution in [3.05, 3.63) is 40.6 Å². The molecular formula is C12H16ClN3O. The normalized spacial score (nSPS) is 11.0. The molecule has 17 heavy (non-hydrogen) atoms. The first-order valence-corrected chi connectivity index (χ1v) is 6.04. The van der Waals surface area contributed by atoms with Gasteiger partial charge < -0.3 is 9.73 Å². The molecule has 0 atom stereocenters. The van der Waals surface area contributed by atoms with E-state index in [1.807, 2.05) is 17.7 Å². The minimum Gasteiger partial charge on any atom is -0.467 e. The molecule has 0 aliphatic rings. The molecule has 2 heterocycles. The van der Waals surface area contributed by atoms with Crippen molar-refractivity contribution in [3.8, 4) is 0 Å². The fourth-order valence-electron chi connectivity index (χ4n) is 1.64. The Morgan fingerprint density at radius 3 is 3.00 bits per heavy atom. The highest BCUT2D eigenvalue weighted by atomic mass is 35.5. The standard InChI is InChI=1S/C12H16ClN3O/c1-3-14-6-10-4-5-17-12(10)8-16-9(2)11(13)7-15-16/h4-5,7,14H,3,6,8H2,1-2H3. The molecule has 2 aromatic rings. The van der Waals surface area contributed by atoms with E-state index in [1.54, 1.807) is 12.5 Å². The lowest BCUT2D eigenvalue weighted by atomic mass is 10.2. The van der Waals surface area contributed by atoms with Crippen molar-refractivity contribution in [2.24, 2.45) is 0 Å². The lowest BCUT2D eigenvalue weighted by molar-refractivity contribution is 0.469. The van der Waals surface area contributed by atoms with Crippen molar-refractivity contribution in [1.29, 1.82) is 0 Å². The smallest absolute Gasteiger partial charge is 0.129 e. The lowest BCUT2D eigenvalue weighted by Gasteiger charge is -2.05. The van der Waals surface area contributed by atoms with Gasteiger partial charge in [0.15, 0.2) is 0 Å². The maximum atomic E-state index is 5.97. The van der Waals surface area contributed by atoms with Gasteiger partial charge in [0.25, 0.3) is 0 Å². The van der Waals surface area contributed by atoms with Gasteiger partial charge in [0.05, 0.1) is 29.7 Å². The van der Waals surface area contributed by atoms with Gasteiger partial charge in [-0.05, 0) is 19.5 Å². The van der Waals surface area contributed by atoms with Crippen LogP contribution in [0, 0.1) is 6.92 Å². The van der Waals surface area contributed by atoms with E-state index in [-0.39, 0.29) is 0 Å². The number of hydrogen-bond acceptors (Lipinski definition) is 3. The molecule has 0 unspecified atom stereocenters. The Balaban J connectivity index is 2.13. The molecule has 5 heteroatoms. The molecule has 92 valence electrons. The molecule has 0 saturated carbocycles. The first-order chi connectivity index (χ1) is 8.22. The molecule has 2 rings (SSSR count). The summed E-state index contributed by atoms with van der Waals surface area (Å²) >= 11 is 5.97. The molecule has 2 aromatic heterocycles. The zero-order valence-electron chi connectivity index (χ0n) is 10.0. The summed E-state index contributed by atoms with van der Waals surface area (Å²) in [5.74, 6) is 0.925. The summed E-state index contributed by atoms with van der Waals surface area (Å²) in [5, 5.41) is 8.18. The van der Waals surface area contributed by atoms with E-state index >= 15 is 0 Å². The van der Waals surface area contributed by atoms with Crippen molar-refractivity contribution in [3.63, 3.8) is 0 Å². The van der Waals surface area contributed by atoms with Crippen LogP contribution in [-0.4, -0.2) is 16.3 Å². The van der Waals surface area contributed by atoms with Gasteiger partial charge in [-0.3, -0.25) is 4.68 Å². The number of rotatable bonds is 5. The second-order valence-corrected chi connectivity index (χ2v) is 4.29. The van der Waals surface area contributed by atoms with Crippen LogP contribution in [0.15, 0.2) is 22.9 Å². The Morgan fingerprint density at radius 1 is 1.53 bits per heavy atom. The van der Waals surface area contributed by atoms with Gasteiger partial charge in [0.1, 0.15) is 5.76 Å². The molecule has 0 saturated heterocycles. The SMILES string of the molecule is CCNCc1ccoc1Cn1ncc(Cl)c1C. The number of nitrogens with one attached hydrogen (secondary N) is 1. The summed E-state index contributed by atoms with van der Waals surface area (Å²) < 4.78 is 7.33. The highest BCUT2D eigenvalue weighted by Gasteiger charge is 2.10. The van der Waals surface area contributed by atoms with Crippen LogP contribution in [0.5, 0.6) is 0 Å². The van der Waals surface area contributed by atoms with Crippen LogP contribution in [0.4, 0.5) is 0 Å². The van der Waals surface area contributed by atoms with E-state index in [2.05, 4.69) is 17.3 Å². The summed E-state index contributed by atoms with van der Waals surface area (Å²) in [6.45, 7) is 6.40. The molecule has 0 aliphatic heterocycles. The van der Waals surface area contributed by atoms with E-state index in [4.69, 9.17) is 16.0 Å². The van der Waals surface area contributed by atoms with Gasteiger partial charge in [-0.1, -0.05) is 18.5 Å². The number of aromatic nitrogens is 2. The lowest BCUT2D eigenvalue weighted by Crippen LogP contribution is -2.13. The molecule has 0 radical (unpaired) electrons. The number of furan rings is 1. The highest BCUT2D eigenvalue weighted by Crippen LogP contribution is 2.17. The average molecular weight is 254 g/mol. The quantitative estimate of drug-likeness (QED) is 0.891. The van der Waals surface area contributed by atoms with E-state index in [0.29, 0.717) is 11.6 Å². The molecule has 0 fully saturated rings. The third kappa shape index (κ3) is 2.70. The summed E-state index contributed by atoms with van der Waals surface area (Å²) in [6.07, 6.45) is 3.37. The minimum absolute atomic E-state index is 0.617. The van der Waals surface area contributed by atoms with Crippen molar-refractivity contribution < 1.29 is 4.42 Å². The molecule has 0 aliphatic carbocycles. The topological polar surface area (TPSA) is 43.0 Å². The molecule has 0 aromatic carbocycles. The molecule has 1 N–H and O–H groups in total. The number of halogens is 1. The first kappa shape index (κ1) is 12.2. The Bertz CT molecular complexity index is 490. The van der Waals surface area contributed by atoms with Crippen LogP contribution in [0.1, 0.15) is 23.9 Å². The zero-order chi connectivity index (χ0) is 12.3. The van der Waals surface area contributed by atoms with Gasteiger partial charge in [0, 0.05) is 12.1 Å². The van der Waals surface area contributed by atoms with Crippen LogP contribution >= 0.6 is 11.6 Å². The molecular weight excluding hydrogens is 238 g/mol. The summed E-state index contributed by atoms with van der Waals surface area (Å²) in [4.78, 5) is 0. The third-order valence-electron chi connectivity index (χ3n) is 2.74. The first-order valence-electron chi connectivity index (χ1n) is 5.66. The van der Waals surface area contributed by atoms with Gasteiger partial charge in [-0.25, -0.2) is 0 Å². The fourth-order valence-corrected chi connectivity index (χ4v) is 1.78. The minimum atomic E-state index is 0.617. The molecule has 0 amide bonds. The van der Waals surface area contributed by atoms with Crippen molar-refractivity contribution in [2.75, 3.05) is 6.54 Å². The van der Waals surface area contributed by atoms with Crippen LogP contribution in [0.2, 0.25) is 5.02 Å². The summed E-state index contributed by atoms with van der Waals surface area (Å²) in [5.41, 5.74) is 2.12. The molecule has 4 nitrogen and oxygen atoms in total. The van der Waals surface area contributed by atoms with Crippen LogP contribution < -0.4 is 5.32 Å². The molecule has 0 spiro atoms. The van der Waals surface area contributed by atoms with Gasteiger partial charge >= 0.3 is 0 Å². The monoisotopic (exact) mass is 253 g/mol. The average Bonchev–Trinajstić information content (AvgIpc) is 2.89. The Kier molecular flexibility index (Phi) is 3.86. The predicted octanol–water partition coefficient (Wildman–Crippen LogP) is 2.60. The summed E-state index contributed by atoms with van der Waals surface area (Å²) in [6, 6.07) is 1.98. The predicted molar refractivity (Wildman–Crippen MR) is 67.2 cm³/mol. The highest BCUT2D eigenvalue weighted by molar-refractivity contribution is 6.31. The van der Waals surface area contributed by atoms with Crippen molar-refractivity contribution in [2.45, 2.75) is 26.9 Å². The van der Waals surface area contributed by atoms with Crippen molar-refractivity contribution >= 4 is 11.6 Å². The fraction of sp³-hybridized carbons (Fsp3) is 0.417. The largest absolute Gasteiger partial charge is 0.467 e. The Morgan fingerprint density at radius 2 is 2.35 bits per heavy atom. The van der Waals surface area contributed by atoms with E-state index in [9.17, 15) is 0 Å². The molecule has 0 bridgehead atoms. The van der Waals surface area contributed by atoms with Crippen LogP contribution in [-0.2, 0) is 13.1 Å². The van der Waals surface area contributed by atoms with Gasteiger partial charge in [-0.15, -0.1) is 0 Å².